The number of hydrogen-bond donors (Lipinski definition) is 1. The van der Waals surface area contributed by atoms with Gasteiger partial charge in [-0.05, 0) is 142 Å². The SMILES string of the molecule is C=C(C)C(=O)OCC(CC[C@H]1CC[C@@]2(C)[C@@H](CC[C@@H]3[C@@H]2CC[C@]2(C)C([C@H](C)CC[C@@H](C)C(C)C)CC[C@@H]32)C1)COC(=O)C(=C)CS. The number of carbonyl (C=O) groups excluding carboxylic acids is 2. The van der Waals surface area contributed by atoms with E-state index in [1.54, 1.807) is 6.92 Å². The largest absolute Gasteiger partial charge is 0.462 e. The van der Waals surface area contributed by atoms with Crippen LogP contribution in [0.5, 0.6) is 0 Å². The normalized spacial score (nSPS) is 35.7. The average Bonchev–Trinajstić information content (AvgIpc) is 3.39. The molecule has 4 nitrogen and oxygen atoms in total. The second-order valence-corrected chi connectivity index (χ2v) is 17.8. The summed E-state index contributed by atoms with van der Waals surface area (Å²) in [7, 11) is 0. The Balaban J connectivity index is 1.33. The topological polar surface area (TPSA) is 52.6 Å². The van der Waals surface area contributed by atoms with Gasteiger partial charge in [0.25, 0.3) is 0 Å². The molecule has 0 heterocycles. The summed E-state index contributed by atoms with van der Waals surface area (Å²) in [5, 5.41) is 0. The molecule has 5 heteroatoms. The van der Waals surface area contributed by atoms with Crippen molar-refractivity contribution in [3.05, 3.63) is 24.3 Å². The molecule has 0 amide bonds. The number of ether oxygens (including phenoxy) is 2. The van der Waals surface area contributed by atoms with Crippen molar-refractivity contribution in [1.29, 1.82) is 0 Å². The minimum absolute atomic E-state index is 0.0219. The Labute approximate surface area is 288 Å². The standard InChI is InChI=1S/C41H68O4S/c1-26(2)28(5)10-11-29(6)35-16-17-36-34-15-14-33-22-31(18-20-40(33,8)37(34)19-21-41(35,36)9)12-13-32(23-44-38(42)27(3)4)24-45-39(43)30(7)25-46/h26,28-29,31-37,46H,3,7,10-25H2,1-2,4-6,8-9H3/t28-,29-,31+,32?,33+,34+,35?,36+,37+,40+,41-/m1/s1. The van der Waals surface area contributed by atoms with Gasteiger partial charge in [-0.1, -0.05) is 67.5 Å². The Kier molecular flexibility index (Phi) is 13.1. The summed E-state index contributed by atoms with van der Waals surface area (Å²) in [6.07, 6.45) is 17.4. The molecule has 2 unspecified atom stereocenters. The minimum atomic E-state index is -0.413. The lowest BCUT2D eigenvalue weighted by Gasteiger charge is -2.61. The van der Waals surface area contributed by atoms with Gasteiger partial charge in [0.15, 0.2) is 0 Å². The van der Waals surface area contributed by atoms with Gasteiger partial charge < -0.3 is 9.47 Å². The molecule has 0 N–H and O–H groups in total. The maximum absolute atomic E-state index is 12.3. The van der Waals surface area contributed by atoms with Crippen LogP contribution in [0.3, 0.4) is 0 Å². The van der Waals surface area contributed by atoms with Crippen molar-refractivity contribution in [2.24, 2.45) is 70.0 Å². The molecule has 4 aliphatic carbocycles. The zero-order chi connectivity index (χ0) is 33.8. The summed E-state index contributed by atoms with van der Waals surface area (Å²) in [5.74, 6) is 7.12. The van der Waals surface area contributed by atoms with Gasteiger partial charge in [0, 0.05) is 22.8 Å². The van der Waals surface area contributed by atoms with Crippen molar-refractivity contribution in [3.8, 4) is 0 Å². The van der Waals surface area contributed by atoms with Crippen molar-refractivity contribution in [2.75, 3.05) is 19.0 Å². The maximum Gasteiger partial charge on any atom is 0.334 e. The van der Waals surface area contributed by atoms with Crippen molar-refractivity contribution < 1.29 is 19.1 Å². The van der Waals surface area contributed by atoms with Gasteiger partial charge in [-0.3, -0.25) is 0 Å². The van der Waals surface area contributed by atoms with Gasteiger partial charge in [0.1, 0.15) is 0 Å². The van der Waals surface area contributed by atoms with Crippen LogP contribution in [0.4, 0.5) is 0 Å². The van der Waals surface area contributed by atoms with Crippen LogP contribution in [0.15, 0.2) is 24.3 Å². The van der Waals surface area contributed by atoms with Crippen molar-refractivity contribution in [1.82, 2.24) is 0 Å². The molecule has 0 spiro atoms. The summed E-state index contributed by atoms with van der Waals surface area (Å²) in [4.78, 5) is 24.4. The highest BCUT2D eigenvalue weighted by Crippen LogP contribution is 2.68. The predicted molar refractivity (Wildman–Crippen MR) is 194 cm³/mol. The molecule has 4 aliphatic rings. The van der Waals surface area contributed by atoms with Gasteiger partial charge in [0.2, 0.25) is 0 Å². The van der Waals surface area contributed by atoms with E-state index in [1.165, 1.54) is 70.6 Å². The first kappa shape index (κ1) is 37.6. The third-order valence-corrected chi connectivity index (χ3v) is 14.8. The molecule has 0 radical (unpaired) electrons. The Morgan fingerprint density at radius 2 is 1.48 bits per heavy atom. The molecule has 4 saturated carbocycles. The summed E-state index contributed by atoms with van der Waals surface area (Å²) >= 11 is 4.15. The van der Waals surface area contributed by atoms with E-state index >= 15 is 0 Å². The molecule has 4 rings (SSSR count). The Hall–Kier alpha value is -1.23. The Morgan fingerprint density at radius 1 is 0.826 bits per heavy atom. The van der Waals surface area contributed by atoms with Crippen LogP contribution in [-0.2, 0) is 19.1 Å². The molecule has 0 aromatic carbocycles. The minimum Gasteiger partial charge on any atom is -0.462 e. The van der Waals surface area contributed by atoms with Crippen molar-refractivity contribution >= 4 is 24.6 Å². The molecule has 46 heavy (non-hydrogen) atoms. The number of carbonyl (C=O) groups is 2. The lowest BCUT2D eigenvalue weighted by Crippen LogP contribution is -2.53. The molecule has 0 aliphatic heterocycles. The van der Waals surface area contributed by atoms with Gasteiger partial charge in [-0.25, -0.2) is 9.59 Å². The van der Waals surface area contributed by atoms with E-state index in [4.69, 9.17) is 9.47 Å². The Bertz CT molecular complexity index is 1080. The summed E-state index contributed by atoms with van der Waals surface area (Å²) < 4.78 is 11.1. The monoisotopic (exact) mass is 656 g/mol. The first-order valence-corrected chi connectivity index (χ1v) is 19.6. The molecule has 0 saturated heterocycles. The molecule has 4 fully saturated rings. The fraction of sp³-hybridized carbons (Fsp3) is 0.854. The van der Waals surface area contributed by atoms with Crippen LogP contribution in [0.1, 0.15) is 132 Å². The van der Waals surface area contributed by atoms with E-state index in [-0.39, 0.29) is 30.9 Å². The highest BCUT2D eigenvalue weighted by Gasteiger charge is 2.60. The zero-order valence-corrected chi connectivity index (χ0v) is 31.5. The van der Waals surface area contributed by atoms with Crippen LogP contribution in [0.2, 0.25) is 0 Å². The fourth-order valence-corrected chi connectivity index (χ4v) is 11.1. The first-order chi connectivity index (χ1) is 21.7. The smallest absolute Gasteiger partial charge is 0.334 e. The fourth-order valence-electron chi connectivity index (χ4n) is 11.0. The Morgan fingerprint density at radius 3 is 2.13 bits per heavy atom. The quantitative estimate of drug-likeness (QED) is 0.108. The highest BCUT2D eigenvalue weighted by molar-refractivity contribution is 7.80. The zero-order valence-electron chi connectivity index (χ0n) is 30.6. The molecule has 0 aromatic rings. The maximum atomic E-state index is 12.3. The van der Waals surface area contributed by atoms with E-state index in [0.29, 0.717) is 27.9 Å². The summed E-state index contributed by atoms with van der Waals surface area (Å²) in [6.45, 7) is 24.8. The van der Waals surface area contributed by atoms with Crippen molar-refractivity contribution in [2.45, 2.75) is 132 Å². The van der Waals surface area contributed by atoms with E-state index in [2.05, 4.69) is 67.3 Å². The second-order valence-electron chi connectivity index (χ2n) is 17.5. The number of thiol groups is 1. The third kappa shape index (κ3) is 8.31. The van der Waals surface area contributed by atoms with Crippen LogP contribution in [0.25, 0.3) is 0 Å². The molecule has 262 valence electrons. The highest BCUT2D eigenvalue weighted by atomic mass is 32.1. The predicted octanol–water partition coefficient (Wildman–Crippen LogP) is 10.5. The summed E-state index contributed by atoms with van der Waals surface area (Å²) in [5.41, 5.74) is 1.78. The van der Waals surface area contributed by atoms with Gasteiger partial charge >= 0.3 is 11.9 Å². The van der Waals surface area contributed by atoms with Gasteiger partial charge in [-0.15, -0.1) is 0 Å². The molecule has 11 atom stereocenters. The lowest BCUT2D eigenvalue weighted by atomic mass is 9.44. The van der Waals surface area contributed by atoms with Gasteiger partial charge in [-0.2, -0.15) is 12.6 Å². The molecular weight excluding hydrogens is 589 g/mol. The van der Waals surface area contributed by atoms with E-state index in [0.717, 1.165) is 60.2 Å². The number of fused-ring (bicyclic) bond motifs is 5. The van der Waals surface area contributed by atoms with Crippen LogP contribution in [-0.4, -0.2) is 30.9 Å². The molecule has 0 bridgehead atoms. The van der Waals surface area contributed by atoms with Gasteiger partial charge in [0.05, 0.1) is 13.2 Å². The first-order valence-electron chi connectivity index (χ1n) is 19.0. The van der Waals surface area contributed by atoms with E-state index in [1.807, 2.05) is 0 Å². The number of hydrogen-bond acceptors (Lipinski definition) is 5. The average molecular weight is 657 g/mol. The van der Waals surface area contributed by atoms with Crippen LogP contribution in [0, 0.1) is 70.0 Å². The molecular formula is C41H68O4S. The summed E-state index contributed by atoms with van der Waals surface area (Å²) in [6, 6.07) is 0. The van der Waals surface area contributed by atoms with E-state index in [9.17, 15) is 9.59 Å². The van der Waals surface area contributed by atoms with Crippen LogP contribution >= 0.6 is 12.6 Å². The van der Waals surface area contributed by atoms with E-state index < -0.39 is 5.97 Å². The number of esters is 2. The van der Waals surface area contributed by atoms with Crippen molar-refractivity contribution in [3.63, 3.8) is 0 Å². The lowest BCUT2D eigenvalue weighted by molar-refractivity contribution is -0.144. The molecule has 0 aromatic heterocycles. The van der Waals surface area contributed by atoms with Crippen LogP contribution < -0.4 is 0 Å². The third-order valence-electron chi connectivity index (χ3n) is 14.5. The second kappa shape index (κ2) is 16.0. The number of rotatable bonds is 15.